The lowest BCUT2D eigenvalue weighted by Gasteiger charge is -2.28. The molecule has 1 aliphatic rings. The van der Waals surface area contributed by atoms with Crippen LogP contribution in [0.1, 0.15) is 22.8 Å². The zero-order valence-corrected chi connectivity index (χ0v) is 8.53. The summed E-state index contributed by atoms with van der Waals surface area (Å²) in [7, 11) is 0. The van der Waals surface area contributed by atoms with Crippen LogP contribution in [0.3, 0.4) is 0 Å². The molecular formula is C12H13NO2. The molecule has 3 heteroatoms. The Morgan fingerprint density at radius 1 is 1.53 bits per heavy atom. The van der Waals surface area contributed by atoms with Gasteiger partial charge in [0.05, 0.1) is 0 Å². The van der Waals surface area contributed by atoms with Crippen LogP contribution in [0.4, 0.5) is 0 Å². The summed E-state index contributed by atoms with van der Waals surface area (Å²) in [5, 5.41) is 13.0. The minimum atomic E-state index is -1.31. The molecule has 1 amide bonds. The smallest absolute Gasteiger partial charge is 0.254 e. The maximum absolute atomic E-state index is 11.6. The van der Waals surface area contributed by atoms with Gasteiger partial charge in [0, 0.05) is 17.0 Å². The maximum Gasteiger partial charge on any atom is 0.254 e. The first-order chi connectivity index (χ1) is 7.09. The van der Waals surface area contributed by atoms with Gasteiger partial charge in [-0.2, -0.15) is 0 Å². The molecule has 0 radical (unpaired) electrons. The van der Waals surface area contributed by atoms with Crippen LogP contribution < -0.4 is 5.32 Å². The highest BCUT2D eigenvalue weighted by atomic mass is 16.3. The third-order valence-corrected chi connectivity index (χ3v) is 2.90. The summed E-state index contributed by atoms with van der Waals surface area (Å²) in [6.45, 7) is 5.45. The van der Waals surface area contributed by atoms with E-state index in [1.807, 2.05) is 6.92 Å². The van der Waals surface area contributed by atoms with Crippen molar-refractivity contribution in [1.29, 1.82) is 0 Å². The van der Waals surface area contributed by atoms with Gasteiger partial charge in [-0.05, 0) is 6.07 Å². The van der Waals surface area contributed by atoms with E-state index in [1.165, 1.54) is 0 Å². The van der Waals surface area contributed by atoms with Gasteiger partial charge in [-0.3, -0.25) is 4.79 Å². The number of amides is 1. The van der Waals surface area contributed by atoms with Gasteiger partial charge in [0.15, 0.2) is 5.72 Å². The fraction of sp³-hybridized carbons (Fsp3) is 0.250. The minimum Gasteiger partial charge on any atom is -0.366 e. The van der Waals surface area contributed by atoms with Crippen LogP contribution in [-0.2, 0) is 5.72 Å². The molecule has 15 heavy (non-hydrogen) atoms. The molecule has 0 bridgehead atoms. The van der Waals surface area contributed by atoms with Crippen LogP contribution in [0.5, 0.6) is 0 Å². The Morgan fingerprint density at radius 2 is 2.20 bits per heavy atom. The first-order valence-corrected chi connectivity index (χ1v) is 4.86. The molecule has 1 aromatic rings. The average molecular weight is 203 g/mol. The van der Waals surface area contributed by atoms with Crippen molar-refractivity contribution in [2.45, 2.75) is 12.6 Å². The van der Waals surface area contributed by atoms with Crippen molar-refractivity contribution in [3.8, 4) is 0 Å². The number of aliphatic hydroxyl groups is 1. The molecule has 0 saturated heterocycles. The van der Waals surface area contributed by atoms with Crippen LogP contribution >= 0.6 is 0 Å². The molecule has 0 spiro atoms. The number of benzene rings is 1. The van der Waals surface area contributed by atoms with E-state index in [4.69, 9.17) is 0 Å². The second-order valence-corrected chi connectivity index (χ2v) is 3.79. The summed E-state index contributed by atoms with van der Waals surface area (Å²) in [6.07, 6.45) is 1.63. The lowest BCUT2D eigenvalue weighted by molar-refractivity contribution is -0.0183. The van der Waals surface area contributed by atoms with Crippen LogP contribution in [0, 0.1) is 5.92 Å². The molecule has 1 heterocycles. The first-order valence-electron chi connectivity index (χ1n) is 4.86. The molecule has 0 fully saturated rings. The van der Waals surface area contributed by atoms with E-state index in [2.05, 4.69) is 11.9 Å². The maximum atomic E-state index is 11.6. The van der Waals surface area contributed by atoms with Crippen molar-refractivity contribution in [2.24, 2.45) is 5.92 Å². The molecule has 0 aliphatic carbocycles. The highest BCUT2D eigenvalue weighted by Gasteiger charge is 2.43. The topological polar surface area (TPSA) is 49.3 Å². The Hall–Kier alpha value is -1.61. The fourth-order valence-electron chi connectivity index (χ4n) is 1.85. The molecule has 1 aromatic carbocycles. The Kier molecular flexibility index (Phi) is 2.12. The highest BCUT2D eigenvalue weighted by molar-refractivity contribution is 5.99. The van der Waals surface area contributed by atoms with E-state index in [-0.39, 0.29) is 11.8 Å². The zero-order valence-electron chi connectivity index (χ0n) is 8.53. The number of carbonyl (C=O) groups is 1. The van der Waals surface area contributed by atoms with Gasteiger partial charge >= 0.3 is 0 Å². The summed E-state index contributed by atoms with van der Waals surface area (Å²) in [5.74, 6) is -0.466. The third-order valence-electron chi connectivity index (χ3n) is 2.90. The molecular weight excluding hydrogens is 190 g/mol. The predicted octanol–water partition coefficient (Wildman–Crippen LogP) is 1.40. The van der Waals surface area contributed by atoms with Gasteiger partial charge in [-0.25, -0.2) is 0 Å². The quantitative estimate of drug-likeness (QED) is 0.714. The van der Waals surface area contributed by atoms with Gasteiger partial charge in [0.25, 0.3) is 5.91 Å². The number of nitrogens with one attached hydrogen (secondary N) is 1. The van der Waals surface area contributed by atoms with E-state index in [0.717, 1.165) is 0 Å². The molecule has 78 valence electrons. The standard InChI is InChI=1S/C12H13NO2/c1-3-8(2)12(15)10-7-5-4-6-9(10)11(14)13-12/h3-8,15H,1H2,2H3,(H,13,14). The first kappa shape index (κ1) is 9.93. The van der Waals surface area contributed by atoms with Crippen LogP contribution in [0.15, 0.2) is 36.9 Å². The Balaban J connectivity index is 2.57. The van der Waals surface area contributed by atoms with Crippen molar-refractivity contribution in [3.63, 3.8) is 0 Å². The van der Waals surface area contributed by atoms with E-state index in [1.54, 1.807) is 30.3 Å². The number of hydrogen-bond acceptors (Lipinski definition) is 2. The second-order valence-electron chi connectivity index (χ2n) is 3.79. The van der Waals surface area contributed by atoms with Gasteiger partial charge in [-0.1, -0.05) is 31.2 Å². The number of carbonyl (C=O) groups excluding carboxylic acids is 1. The monoisotopic (exact) mass is 203 g/mol. The SMILES string of the molecule is C=CC(C)C1(O)NC(=O)c2ccccc21. The molecule has 2 rings (SSSR count). The lowest BCUT2D eigenvalue weighted by atomic mass is 9.91. The Morgan fingerprint density at radius 3 is 2.87 bits per heavy atom. The van der Waals surface area contributed by atoms with Crippen LogP contribution in [0.2, 0.25) is 0 Å². The molecule has 3 nitrogen and oxygen atoms in total. The number of hydrogen-bond donors (Lipinski definition) is 2. The summed E-state index contributed by atoms with van der Waals surface area (Å²) in [6, 6.07) is 7.05. The molecule has 1 aliphatic heterocycles. The Bertz CT molecular complexity index is 427. The lowest BCUT2D eigenvalue weighted by Crippen LogP contribution is -2.44. The number of fused-ring (bicyclic) bond motifs is 1. The fourth-order valence-corrected chi connectivity index (χ4v) is 1.85. The van der Waals surface area contributed by atoms with Gasteiger partial charge in [-0.15, -0.1) is 6.58 Å². The van der Waals surface area contributed by atoms with E-state index in [9.17, 15) is 9.90 Å². The van der Waals surface area contributed by atoms with Crippen LogP contribution in [0.25, 0.3) is 0 Å². The molecule has 2 N–H and O–H groups in total. The summed E-state index contributed by atoms with van der Waals surface area (Å²) in [4.78, 5) is 11.6. The van der Waals surface area contributed by atoms with Crippen molar-refractivity contribution in [2.75, 3.05) is 0 Å². The van der Waals surface area contributed by atoms with Crippen molar-refractivity contribution in [1.82, 2.24) is 5.32 Å². The molecule has 0 aromatic heterocycles. The second kappa shape index (κ2) is 3.21. The van der Waals surface area contributed by atoms with Crippen molar-refractivity contribution >= 4 is 5.91 Å². The predicted molar refractivity (Wildman–Crippen MR) is 57.2 cm³/mol. The summed E-state index contributed by atoms with van der Waals surface area (Å²) < 4.78 is 0. The van der Waals surface area contributed by atoms with E-state index in [0.29, 0.717) is 11.1 Å². The summed E-state index contributed by atoms with van der Waals surface area (Å²) in [5.41, 5.74) is -0.147. The highest BCUT2D eigenvalue weighted by Crippen LogP contribution is 2.35. The van der Waals surface area contributed by atoms with E-state index >= 15 is 0 Å². The van der Waals surface area contributed by atoms with Gasteiger partial charge in [0.1, 0.15) is 0 Å². The van der Waals surface area contributed by atoms with Crippen LogP contribution in [-0.4, -0.2) is 11.0 Å². The third kappa shape index (κ3) is 1.27. The molecule has 2 unspecified atom stereocenters. The van der Waals surface area contributed by atoms with E-state index < -0.39 is 5.72 Å². The average Bonchev–Trinajstić information content (AvgIpc) is 2.52. The van der Waals surface area contributed by atoms with Crippen molar-refractivity contribution in [3.05, 3.63) is 48.0 Å². The minimum absolute atomic E-state index is 0.231. The number of rotatable bonds is 2. The van der Waals surface area contributed by atoms with Crippen molar-refractivity contribution < 1.29 is 9.90 Å². The largest absolute Gasteiger partial charge is 0.366 e. The molecule has 0 saturated carbocycles. The van der Waals surface area contributed by atoms with Gasteiger partial charge in [0.2, 0.25) is 0 Å². The van der Waals surface area contributed by atoms with Gasteiger partial charge < -0.3 is 10.4 Å². The Labute approximate surface area is 88.4 Å². The normalized spacial score (nSPS) is 25.6. The zero-order chi connectivity index (χ0) is 11.1. The molecule has 2 atom stereocenters. The summed E-state index contributed by atoms with van der Waals surface area (Å²) >= 11 is 0.